The molecule has 0 saturated heterocycles. The van der Waals surface area contributed by atoms with Crippen molar-refractivity contribution in [1.29, 1.82) is 0 Å². The molecule has 0 saturated carbocycles. The zero-order valence-electron chi connectivity index (χ0n) is 10.4. The fraction of sp³-hybridized carbons (Fsp3) is 0.400. The molecule has 0 unspecified atom stereocenters. The van der Waals surface area contributed by atoms with Crippen molar-refractivity contribution in [2.24, 2.45) is 5.73 Å². The fourth-order valence-electron chi connectivity index (χ4n) is 1.64. The molecule has 0 radical (unpaired) electrons. The van der Waals surface area contributed by atoms with Gasteiger partial charge in [0.25, 0.3) is 10.0 Å². The van der Waals surface area contributed by atoms with Gasteiger partial charge in [-0.15, -0.1) is 11.3 Å². The smallest absolute Gasteiger partial charge is 0.260 e. The number of nitrogens with one attached hydrogen (secondary N) is 2. The van der Waals surface area contributed by atoms with Gasteiger partial charge in [0.2, 0.25) is 0 Å². The molecule has 2 heterocycles. The Bertz CT molecular complexity index is 633. The van der Waals surface area contributed by atoms with E-state index in [4.69, 9.17) is 5.73 Å². The number of aromatic amines is 1. The van der Waals surface area contributed by atoms with Crippen LogP contribution in [0.5, 0.6) is 0 Å². The van der Waals surface area contributed by atoms with Crippen LogP contribution < -0.4 is 10.5 Å². The molecule has 0 aliphatic rings. The molecule has 7 nitrogen and oxygen atoms in total. The van der Waals surface area contributed by atoms with Gasteiger partial charge in [-0.25, -0.2) is 18.1 Å². The van der Waals surface area contributed by atoms with Crippen molar-refractivity contribution in [2.45, 2.75) is 24.9 Å². The molecule has 4 N–H and O–H groups in total. The average molecular weight is 301 g/mol. The second-order valence-electron chi connectivity index (χ2n) is 3.96. The van der Waals surface area contributed by atoms with Gasteiger partial charge in [0, 0.05) is 36.1 Å². The van der Waals surface area contributed by atoms with Crippen LogP contribution in [0, 0.1) is 6.92 Å². The summed E-state index contributed by atoms with van der Waals surface area (Å²) in [7, 11) is -3.63. The first-order valence-corrected chi connectivity index (χ1v) is 8.08. The highest BCUT2D eigenvalue weighted by atomic mass is 32.2. The van der Waals surface area contributed by atoms with Crippen LogP contribution >= 0.6 is 11.3 Å². The van der Waals surface area contributed by atoms with Gasteiger partial charge in [0.05, 0.1) is 11.2 Å². The van der Waals surface area contributed by atoms with Crippen molar-refractivity contribution in [2.75, 3.05) is 6.54 Å². The zero-order chi connectivity index (χ0) is 13.9. The van der Waals surface area contributed by atoms with Crippen molar-refractivity contribution in [3.63, 3.8) is 0 Å². The quantitative estimate of drug-likeness (QED) is 0.703. The SMILES string of the molecule is Cc1[nH]nc(S(=O)(=O)NCCc2cscn2)c1CN. The summed E-state index contributed by atoms with van der Waals surface area (Å²) in [4.78, 5) is 4.09. The van der Waals surface area contributed by atoms with E-state index in [2.05, 4.69) is 19.9 Å². The van der Waals surface area contributed by atoms with E-state index in [1.54, 1.807) is 12.4 Å². The van der Waals surface area contributed by atoms with E-state index in [1.165, 1.54) is 11.3 Å². The topological polar surface area (TPSA) is 114 Å². The third-order valence-corrected chi connectivity index (χ3v) is 4.72. The van der Waals surface area contributed by atoms with Crippen LogP contribution in [0.4, 0.5) is 0 Å². The van der Waals surface area contributed by atoms with Gasteiger partial charge in [0.1, 0.15) is 0 Å². The van der Waals surface area contributed by atoms with Gasteiger partial charge in [-0.05, 0) is 6.92 Å². The Hall–Kier alpha value is -1.29. The van der Waals surface area contributed by atoms with E-state index in [9.17, 15) is 8.42 Å². The lowest BCUT2D eigenvalue weighted by atomic mass is 10.3. The van der Waals surface area contributed by atoms with Gasteiger partial charge in [-0.1, -0.05) is 0 Å². The Morgan fingerprint density at radius 3 is 2.95 bits per heavy atom. The Morgan fingerprint density at radius 1 is 1.53 bits per heavy atom. The summed E-state index contributed by atoms with van der Waals surface area (Å²) in [6.45, 7) is 2.15. The Balaban J connectivity index is 2.05. The maximum Gasteiger partial charge on any atom is 0.260 e. The molecule has 2 aromatic rings. The van der Waals surface area contributed by atoms with E-state index in [-0.39, 0.29) is 18.1 Å². The fourth-order valence-corrected chi connectivity index (χ4v) is 3.46. The first-order chi connectivity index (χ1) is 9.04. The third kappa shape index (κ3) is 3.18. The van der Waals surface area contributed by atoms with E-state index in [0.717, 1.165) is 5.69 Å². The second kappa shape index (κ2) is 5.78. The predicted molar refractivity (Wildman–Crippen MR) is 72.2 cm³/mol. The van der Waals surface area contributed by atoms with Gasteiger partial charge in [0.15, 0.2) is 5.03 Å². The first-order valence-electron chi connectivity index (χ1n) is 5.65. The molecule has 0 aliphatic heterocycles. The molecule has 0 aliphatic carbocycles. The minimum absolute atomic E-state index is 0.0224. The molecule has 0 amide bonds. The van der Waals surface area contributed by atoms with Crippen molar-refractivity contribution in [3.8, 4) is 0 Å². The maximum atomic E-state index is 12.1. The first kappa shape index (κ1) is 14.1. The molecule has 0 atom stereocenters. The average Bonchev–Trinajstić information content (AvgIpc) is 2.98. The van der Waals surface area contributed by atoms with Crippen LogP contribution in [0.3, 0.4) is 0 Å². The largest absolute Gasteiger partial charge is 0.326 e. The summed E-state index contributed by atoms with van der Waals surface area (Å²) in [5.41, 5.74) is 9.30. The molecule has 2 aromatic heterocycles. The zero-order valence-corrected chi connectivity index (χ0v) is 12.0. The van der Waals surface area contributed by atoms with Crippen molar-refractivity contribution in [3.05, 3.63) is 27.8 Å². The number of sulfonamides is 1. The number of H-pyrrole nitrogens is 1. The van der Waals surface area contributed by atoms with Crippen molar-refractivity contribution < 1.29 is 8.42 Å². The normalized spacial score (nSPS) is 11.9. The molecular weight excluding hydrogens is 286 g/mol. The molecule has 19 heavy (non-hydrogen) atoms. The highest BCUT2D eigenvalue weighted by Gasteiger charge is 2.22. The van der Waals surface area contributed by atoms with Crippen LogP contribution in [0.1, 0.15) is 17.0 Å². The number of aryl methyl sites for hydroxylation is 1. The highest BCUT2D eigenvalue weighted by molar-refractivity contribution is 7.89. The van der Waals surface area contributed by atoms with Crippen molar-refractivity contribution in [1.82, 2.24) is 19.9 Å². The summed E-state index contributed by atoms with van der Waals surface area (Å²) >= 11 is 1.48. The monoisotopic (exact) mass is 301 g/mol. The number of hydrogen-bond donors (Lipinski definition) is 3. The Labute approximate surface area is 115 Å². The van der Waals surface area contributed by atoms with Gasteiger partial charge in [-0.2, -0.15) is 5.10 Å². The van der Waals surface area contributed by atoms with E-state index in [1.807, 2.05) is 5.38 Å². The van der Waals surface area contributed by atoms with Crippen LogP contribution in [-0.2, 0) is 23.0 Å². The molecule has 0 aromatic carbocycles. The lowest BCUT2D eigenvalue weighted by molar-refractivity contribution is 0.575. The number of thiazole rings is 1. The third-order valence-electron chi connectivity index (χ3n) is 2.65. The second-order valence-corrected chi connectivity index (χ2v) is 6.36. The highest BCUT2D eigenvalue weighted by Crippen LogP contribution is 2.15. The van der Waals surface area contributed by atoms with Gasteiger partial charge < -0.3 is 5.73 Å². The summed E-state index contributed by atoms with van der Waals surface area (Å²) in [6, 6.07) is 0. The minimum Gasteiger partial charge on any atom is -0.326 e. The van der Waals surface area contributed by atoms with Crippen LogP contribution in [0.25, 0.3) is 0 Å². The summed E-state index contributed by atoms with van der Waals surface area (Å²) in [5, 5.41) is 8.31. The lowest BCUT2D eigenvalue weighted by Crippen LogP contribution is -2.27. The molecule has 2 rings (SSSR count). The molecule has 0 spiro atoms. The lowest BCUT2D eigenvalue weighted by Gasteiger charge is -2.05. The van der Waals surface area contributed by atoms with Gasteiger partial charge in [-0.3, -0.25) is 5.10 Å². The summed E-state index contributed by atoms with van der Waals surface area (Å²) in [5.74, 6) is 0. The predicted octanol–water partition coefficient (Wildman–Crippen LogP) is 0.154. The number of aromatic nitrogens is 3. The summed E-state index contributed by atoms with van der Waals surface area (Å²) < 4.78 is 26.7. The minimum atomic E-state index is -3.63. The maximum absolute atomic E-state index is 12.1. The van der Waals surface area contributed by atoms with Crippen LogP contribution in [-0.4, -0.2) is 30.1 Å². The van der Waals surface area contributed by atoms with Crippen molar-refractivity contribution >= 4 is 21.4 Å². The molecular formula is C10H15N5O2S2. The van der Waals surface area contributed by atoms with Gasteiger partial charge >= 0.3 is 0 Å². The van der Waals surface area contributed by atoms with Crippen LogP contribution in [0.2, 0.25) is 0 Å². The summed E-state index contributed by atoms with van der Waals surface area (Å²) in [6.07, 6.45) is 0.546. The standard InChI is InChI=1S/C10H15N5O2S2/c1-7-9(4-11)10(15-14-7)19(16,17)13-3-2-8-5-18-6-12-8/h5-6,13H,2-4,11H2,1H3,(H,14,15). The van der Waals surface area contributed by atoms with E-state index >= 15 is 0 Å². The molecule has 9 heteroatoms. The Morgan fingerprint density at radius 2 is 2.32 bits per heavy atom. The molecule has 104 valence electrons. The number of nitrogens with two attached hydrogens (primary N) is 1. The Kier molecular flexibility index (Phi) is 4.30. The molecule has 0 bridgehead atoms. The van der Waals surface area contributed by atoms with E-state index < -0.39 is 10.0 Å². The van der Waals surface area contributed by atoms with E-state index in [0.29, 0.717) is 17.7 Å². The molecule has 0 fully saturated rings. The number of nitrogens with zero attached hydrogens (tertiary/aromatic N) is 2. The number of hydrogen-bond acceptors (Lipinski definition) is 6. The van der Waals surface area contributed by atoms with Crippen LogP contribution in [0.15, 0.2) is 15.9 Å². The number of rotatable bonds is 6.